The first-order chi connectivity index (χ1) is 6.18. The van der Waals surface area contributed by atoms with Crippen molar-refractivity contribution >= 4 is 11.6 Å². The van der Waals surface area contributed by atoms with Crippen LogP contribution in [0.3, 0.4) is 0 Å². The van der Waals surface area contributed by atoms with E-state index in [4.69, 9.17) is 17.3 Å². The molecule has 0 saturated carbocycles. The van der Waals surface area contributed by atoms with E-state index in [1.165, 1.54) is 0 Å². The molecule has 2 atom stereocenters. The zero-order chi connectivity index (χ0) is 9.42. The van der Waals surface area contributed by atoms with E-state index in [0.29, 0.717) is 11.2 Å². The standard InChI is InChI=1S/C8H13ClN4/c1-5(10)6-2-3-7-11-12-8(9)13(7)4-6/h5-6H,2-4,10H2,1H3. The van der Waals surface area contributed by atoms with Crippen LogP contribution in [0.2, 0.25) is 5.28 Å². The highest BCUT2D eigenvalue weighted by molar-refractivity contribution is 6.28. The number of fused-ring (bicyclic) bond motifs is 1. The fourth-order valence-corrected chi connectivity index (χ4v) is 1.95. The molecule has 0 spiro atoms. The first-order valence-corrected chi connectivity index (χ1v) is 4.89. The number of nitrogens with two attached hydrogens (primary N) is 1. The van der Waals surface area contributed by atoms with Crippen LogP contribution in [-0.2, 0) is 13.0 Å². The summed E-state index contributed by atoms with van der Waals surface area (Å²) in [7, 11) is 0. The Balaban J connectivity index is 2.22. The lowest BCUT2D eigenvalue weighted by molar-refractivity contribution is 0.321. The summed E-state index contributed by atoms with van der Waals surface area (Å²) >= 11 is 5.88. The van der Waals surface area contributed by atoms with Crippen molar-refractivity contribution in [2.24, 2.45) is 11.7 Å². The van der Waals surface area contributed by atoms with Crippen molar-refractivity contribution < 1.29 is 0 Å². The number of hydrogen-bond donors (Lipinski definition) is 1. The van der Waals surface area contributed by atoms with Gasteiger partial charge in [0.2, 0.25) is 5.28 Å². The van der Waals surface area contributed by atoms with Crippen molar-refractivity contribution in [1.29, 1.82) is 0 Å². The SMILES string of the molecule is CC(N)C1CCc2nnc(Cl)n2C1. The summed E-state index contributed by atoms with van der Waals surface area (Å²) in [6.45, 7) is 2.90. The monoisotopic (exact) mass is 200 g/mol. The summed E-state index contributed by atoms with van der Waals surface area (Å²) < 4.78 is 1.96. The molecule has 1 aliphatic rings. The Kier molecular flexibility index (Phi) is 2.26. The number of hydrogen-bond acceptors (Lipinski definition) is 3. The van der Waals surface area contributed by atoms with E-state index in [9.17, 15) is 0 Å². The van der Waals surface area contributed by atoms with E-state index >= 15 is 0 Å². The van der Waals surface area contributed by atoms with Crippen LogP contribution in [0.4, 0.5) is 0 Å². The maximum Gasteiger partial charge on any atom is 0.225 e. The largest absolute Gasteiger partial charge is 0.328 e. The third-order valence-corrected chi connectivity index (χ3v) is 2.96. The molecule has 2 unspecified atom stereocenters. The molecular weight excluding hydrogens is 188 g/mol. The molecule has 72 valence electrons. The third-order valence-electron chi connectivity index (χ3n) is 2.68. The molecule has 13 heavy (non-hydrogen) atoms. The molecule has 0 saturated heterocycles. The van der Waals surface area contributed by atoms with Crippen LogP contribution in [0.1, 0.15) is 19.2 Å². The van der Waals surface area contributed by atoms with Crippen LogP contribution in [-0.4, -0.2) is 20.8 Å². The van der Waals surface area contributed by atoms with E-state index in [1.54, 1.807) is 0 Å². The first kappa shape index (κ1) is 8.97. The number of nitrogens with zero attached hydrogens (tertiary/aromatic N) is 3. The van der Waals surface area contributed by atoms with Gasteiger partial charge < -0.3 is 10.3 Å². The summed E-state index contributed by atoms with van der Waals surface area (Å²) in [5.41, 5.74) is 5.85. The Hall–Kier alpha value is -0.610. The van der Waals surface area contributed by atoms with E-state index in [-0.39, 0.29) is 6.04 Å². The lowest BCUT2D eigenvalue weighted by Gasteiger charge is -2.26. The Morgan fingerprint density at radius 1 is 1.62 bits per heavy atom. The molecule has 1 aliphatic heterocycles. The highest BCUT2D eigenvalue weighted by Crippen LogP contribution is 2.23. The number of rotatable bonds is 1. The minimum atomic E-state index is 0.214. The van der Waals surface area contributed by atoms with E-state index < -0.39 is 0 Å². The van der Waals surface area contributed by atoms with Crippen LogP contribution in [0, 0.1) is 5.92 Å². The Morgan fingerprint density at radius 2 is 2.38 bits per heavy atom. The molecule has 2 heterocycles. The predicted molar refractivity (Wildman–Crippen MR) is 50.5 cm³/mol. The molecule has 1 aromatic heterocycles. The molecular formula is C8H13ClN4. The average Bonchev–Trinajstić information content (AvgIpc) is 2.47. The second-order valence-corrected chi connectivity index (χ2v) is 3.99. The van der Waals surface area contributed by atoms with E-state index in [0.717, 1.165) is 25.2 Å². The zero-order valence-electron chi connectivity index (χ0n) is 7.57. The van der Waals surface area contributed by atoms with Gasteiger partial charge in [-0.25, -0.2) is 0 Å². The molecule has 0 bridgehead atoms. The van der Waals surface area contributed by atoms with E-state index in [1.807, 2.05) is 11.5 Å². The first-order valence-electron chi connectivity index (χ1n) is 4.51. The third kappa shape index (κ3) is 1.56. The van der Waals surface area contributed by atoms with Crippen molar-refractivity contribution in [3.63, 3.8) is 0 Å². The fourth-order valence-electron chi connectivity index (χ4n) is 1.75. The van der Waals surface area contributed by atoms with Crippen molar-refractivity contribution in [2.75, 3.05) is 0 Å². The van der Waals surface area contributed by atoms with Gasteiger partial charge in [-0.2, -0.15) is 0 Å². The molecule has 2 rings (SSSR count). The maximum absolute atomic E-state index is 5.88. The summed E-state index contributed by atoms with van der Waals surface area (Å²) in [6, 6.07) is 0.214. The second kappa shape index (κ2) is 3.27. The average molecular weight is 201 g/mol. The van der Waals surface area contributed by atoms with Crippen molar-refractivity contribution in [3.8, 4) is 0 Å². The molecule has 0 fully saturated rings. The van der Waals surface area contributed by atoms with Crippen LogP contribution in [0.5, 0.6) is 0 Å². The number of aromatic nitrogens is 3. The molecule has 2 N–H and O–H groups in total. The van der Waals surface area contributed by atoms with Gasteiger partial charge >= 0.3 is 0 Å². The van der Waals surface area contributed by atoms with Crippen LogP contribution in [0.25, 0.3) is 0 Å². The van der Waals surface area contributed by atoms with Crippen molar-refractivity contribution in [1.82, 2.24) is 14.8 Å². The normalized spacial score (nSPS) is 24.1. The van der Waals surface area contributed by atoms with Gasteiger partial charge in [-0.3, -0.25) is 0 Å². The van der Waals surface area contributed by atoms with Gasteiger partial charge in [0.1, 0.15) is 5.82 Å². The number of halogens is 1. The Bertz CT molecular complexity index is 307. The second-order valence-electron chi connectivity index (χ2n) is 3.65. The minimum absolute atomic E-state index is 0.214. The summed E-state index contributed by atoms with van der Waals surface area (Å²) in [6.07, 6.45) is 2.03. The van der Waals surface area contributed by atoms with Gasteiger partial charge in [-0.1, -0.05) is 0 Å². The lowest BCUT2D eigenvalue weighted by atomic mass is 9.93. The minimum Gasteiger partial charge on any atom is -0.328 e. The molecule has 0 aromatic carbocycles. The highest BCUT2D eigenvalue weighted by atomic mass is 35.5. The van der Waals surface area contributed by atoms with Gasteiger partial charge in [0.15, 0.2) is 0 Å². The number of aryl methyl sites for hydroxylation is 1. The molecule has 4 nitrogen and oxygen atoms in total. The predicted octanol–water partition coefficient (Wildman–Crippen LogP) is 0.841. The van der Waals surface area contributed by atoms with Crippen LogP contribution in [0.15, 0.2) is 0 Å². The van der Waals surface area contributed by atoms with Gasteiger partial charge in [-0.05, 0) is 30.9 Å². The molecule has 0 radical (unpaired) electrons. The van der Waals surface area contributed by atoms with E-state index in [2.05, 4.69) is 10.2 Å². The summed E-state index contributed by atoms with van der Waals surface area (Å²) in [5, 5.41) is 8.31. The Labute approximate surface area is 82.1 Å². The topological polar surface area (TPSA) is 56.7 Å². The highest BCUT2D eigenvalue weighted by Gasteiger charge is 2.24. The van der Waals surface area contributed by atoms with Gasteiger partial charge in [-0.15, -0.1) is 10.2 Å². The zero-order valence-corrected chi connectivity index (χ0v) is 8.33. The summed E-state index contributed by atoms with van der Waals surface area (Å²) in [4.78, 5) is 0. The smallest absolute Gasteiger partial charge is 0.225 e. The van der Waals surface area contributed by atoms with Crippen molar-refractivity contribution in [2.45, 2.75) is 32.4 Å². The summed E-state index contributed by atoms with van der Waals surface area (Å²) in [5.74, 6) is 1.49. The molecule has 0 amide bonds. The Morgan fingerprint density at radius 3 is 3.08 bits per heavy atom. The van der Waals surface area contributed by atoms with Gasteiger partial charge in [0.05, 0.1) is 0 Å². The maximum atomic E-state index is 5.88. The van der Waals surface area contributed by atoms with Gasteiger partial charge in [0.25, 0.3) is 0 Å². The van der Waals surface area contributed by atoms with Gasteiger partial charge in [0, 0.05) is 19.0 Å². The lowest BCUT2D eigenvalue weighted by Crippen LogP contribution is -2.33. The van der Waals surface area contributed by atoms with Crippen molar-refractivity contribution in [3.05, 3.63) is 11.1 Å². The molecule has 0 aliphatic carbocycles. The molecule has 1 aromatic rings. The fraction of sp³-hybridized carbons (Fsp3) is 0.750. The van der Waals surface area contributed by atoms with Crippen LogP contribution >= 0.6 is 11.6 Å². The van der Waals surface area contributed by atoms with Crippen LogP contribution < -0.4 is 5.73 Å². The quantitative estimate of drug-likeness (QED) is 0.731. The molecule has 5 heteroatoms.